The lowest BCUT2D eigenvalue weighted by Crippen LogP contribution is -2.31. The van der Waals surface area contributed by atoms with E-state index in [1.807, 2.05) is 6.92 Å². The highest BCUT2D eigenvalue weighted by atomic mass is 19.1. The second-order valence-electron chi connectivity index (χ2n) is 4.80. The van der Waals surface area contributed by atoms with Crippen LogP contribution >= 0.6 is 0 Å². The lowest BCUT2D eigenvalue weighted by molar-refractivity contribution is -0.123. The molecule has 0 radical (unpaired) electrons. The summed E-state index contributed by atoms with van der Waals surface area (Å²) < 4.78 is 23.3. The van der Waals surface area contributed by atoms with Crippen molar-refractivity contribution in [3.05, 3.63) is 59.9 Å². The van der Waals surface area contributed by atoms with Crippen LogP contribution in [-0.2, 0) is 4.79 Å². The molecule has 0 fully saturated rings. The van der Waals surface area contributed by atoms with Gasteiger partial charge in [-0.3, -0.25) is 4.79 Å². The highest BCUT2D eigenvalue weighted by Gasteiger charge is 2.10. The molecular formula is C17H18FNO3. The third kappa shape index (κ3) is 4.48. The molecule has 0 aliphatic carbocycles. The molecule has 22 heavy (non-hydrogen) atoms. The Morgan fingerprint density at radius 1 is 1.09 bits per heavy atom. The lowest BCUT2D eigenvalue weighted by Gasteiger charge is -2.14. The number of amides is 1. The van der Waals surface area contributed by atoms with Gasteiger partial charge in [-0.05, 0) is 48.9 Å². The summed E-state index contributed by atoms with van der Waals surface area (Å²) in [4.78, 5) is 11.9. The van der Waals surface area contributed by atoms with Crippen LogP contribution in [0.4, 0.5) is 4.39 Å². The number of halogens is 1. The largest absolute Gasteiger partial charge is 0.497 e. The van der Waals surface area contributed by atoms with E-state index < -0.39 is 0 Å². The zero-order chi connectivity index (χ0) is 15.9. The van der Waals surface area contributed by atoms with E-state index in [0.29, 0.717) is 5.75 Å². The van der Waals surface area contributed by atoms with E-state index in [9.17, 15) is 9.18 Å². The van der Waals surface area contributed by atoms with Gasteiger partial charge >= 0.3 is 0 Å². The summed E-state index contributed by atoms with van der Waals surface area (Å²) in [5.41, 5.74) is 0.833. The molecule has 4 nitrogen and oxygen atoms in total. The highest BCUT2D eigenvalue weighted by molar-refractivity contribution is 5.78. The van der Waals surface area contributed by atoms with E-state index in [1.165, 1.54) is 12.1 Å². The first kappa shape index (κ1) is 15.8. The standard InChI is InChI=1S/C17H18FNO3/c1-12(13-3-5-14(18)6-4-13)19-17(20)11-22-16-9-7-15(21-2)8-10-16/h3-10,12H,11H2,1-2H3,(H,19,20). The van der Waals surface area contributed by atoms with Crippen molar-refractivity contribution in [2.45, 2.75) is 13.0 Å². The maximum absolute atomic E-state index is 12.9. The van der Waals surface area contributed by atoms with E-state index in [0.717, 1.165) is 11.3 Å². The normalized spacial score (nSPS) is 11.6. The molecule has 1 unspecified atom stereocenters. The van der Waals surface area contributed by atoms with E-state index in [-0.39, 0.29) is 24.4 Å². The summed E-state index contributed by atoms with van der Waals surface area (Å²) in [6.45, 7) is 1.75. The second kappa shape index (κ2) is 7.45. The van der Waals surface area contributed by atoms with Gasteiger partial charge in [0.25, 0.3) is 5.91 Å². The quantitative estimate of drug-likeness (QED) is 0.892. The third-order valence-corrected chi connectivity index (χ3v) is 3.18. The number of methoxy groups -OCH3 is 1. The van der Waals surface area contributed by atoms with E-state index in [4.69, 9.17) is 9.47 Å². The fourth-order valence-corrected chi connectivity index (χ4v) is 1.94. The number of ether oxygens (including phenoxy) is 2. The van der Waals surface area contributed by atoms with Crippen LogP contribution in [0.25, 0.3) is 0 Å². The molecule has 116 valence electrons. The Hall–Kier alpha value is -2.56. The molecule has 2 aromatic carbocycles. The first-order valence-corrected chi connectivity index (χ1v) is 6.90. The van der Waals surface area contributed by atoms with Crippen molar-refractivity contribution < 1.29 is 18.7 Å². The van der Waals surface area contributed by atoms with Gasteiger partial charge < -0.3 is 14.8 Å². The Balaban J connectivity index is 1.83. The average molecular weight is 303 g/mol. The molecule has 0 heterocycles. The number of rotatable bonds is 6. The topological polar surface area (TPSA) is 47.6 Å². The third-order valence-electron chi connectivity index (χ3n) is 3.18. The van der Waals surface area contributed by atoms with Crippen molar-refractivity contribution >= 4 is 5.91 Å². The highest BCUT2D eigenvalue weighted by Crippen LogP contribution is 2.17. The summed E-state index contributed by atoms with van der Waals surface area (Å²) >= 11 is 0. The van der Waals surface area contributed by atoms with Crippen LogP contribution in [0.2, 0.25) is 0 Å². The van der Waals surface area contributed by atoms with Gasteiger partial charge in [-0.2, -0.15) is 0 Å². The summed E-state index contributed by atoms with van der Waals surface area (Å²) in [6.07, 6.45) is 0. The van der Waals surface area contributed by atoms with Crippen molar-refractivity contribution in [1.82, 2.24) is 5.32 Å². The molecule has 0 bridgehead atoms. The zero-order valence-electron chi connectivity index (χ0n) is 12.5. The minimum Gasteiger partial charge on any atom is -0.497 e. The van der Waals surface area contributed by atoms with E-state index in [1.54, 1.807) is 43.5 Å². The minimum atomic E-state index is -0.301. The Morgan fingerprint density at radius 3 is 2.27 bits per heavy atom. The molecule has 1 atom stereocenters. The Morgan fingerprint density at radius 2 is 1.68 bits per heavy atom. The molecule has 0 saturated heterocycles. The van der Waals surface area contributed by atoms with Gasteiger partial charge in [0.2, 0.25) is 0 Å². The molecule has 5 heteroatoms. The van der Waals surface area contributed by atoms with Gasteiger partial charge in [-0.25, -0.2) is 4.39 Å². The zero-order valence-corrected chi connectivity index (χ0v) is 12.5. The van der Waals surface area contributed by atoms with Crippen LogP contribution in [-0.4, -0.2) is 19.6 Å². The van der Waals surface area contributed by atoms with Gasteiger partial charge in [0.1, 0.15) is 17.3 Å². The molecule has 1 amide bonds. The molecule has 0 aromatic heterocycles. The summed E-state index contributed by atoms with van der Waals surface area (Å²) in [5.74, 6) is 0.768. The number of carbonyl (C=O) groups excluding carboxylic acids is 1. The van der Waals surface area contributed by atoms with Gasteiger partial charge in [0, 0.05) is 0 Å². The summed E-state index contributed by atoms with van der Waals surface area (Å²) in [5, 5.41) is 2.80. The van der Waals surface area contributed by atoms with Crippen LogP contribution in [0, 0.1) is 5.82 Å². The maximum Gasteiger partial charge on any atom is 0.258 e. The van der Waals surface area contributed by atoms with Crippen molar-refractivity contribution in [3.8, 4) is 11.5 Å². The summed E-state index contributed by atoms with van der Waals surface area (Å²) in [7, 11) is 1.58. The van der Waals surface area contributed by atoms with Crippen molar-refractivity contribution in [1.29, 1.82) is 0 Å². The van der Waals surface area contributed by atoms with Crippen LogP contribution in [0.15, 0.2) is 48.5 Å². The Kier molecular flexibility index (Phi) is 5.36. The predicted octanol–water partition coefficient (Wildman–Crippen LogP) is 3.09. The Bertz CT molecular complexity index is 611. The number of nitrogens with one attached hydrogen (secondary N) is 1. The van der Waals surface area contributed by atoms with Gasteiger partial charge in [0.15, 0.2) is 6.61 Å². The first-order valence-electron chi connectivity index (χ1n) is 6.90. The average Bonchev–Trinajstić information content (AvgIpc) is 2.54. The molecule has 2 rings (SSSR count). The van der Waals surface area contributed by atoms with Crippen molar-refractivity contribution in [2.24, 2.45) is 0 Å². The molecule has 0 saturated carbocycles. The van der Waals surface area contributed by atoms with E-state index >= 15 is 0 Å². The smallest absolute Gasteiger partial charge is 0.258 e. The fourth-order valence-electron chi connectivity index (χ4n) is 1.94. The van der Waals surface area contributed by atoms with Gasteiger partial charge in [-0.15, -0.1) is 0 Å². The number of hydrogen-bond acceptors (Lipinski definition) is 3. The maximum atomic E-state index is 12.9. The molecule has 0 aliphatic heterocycles. The lowest BCUT2D eigenvalue weighted by atomic mass is 10.1. The van der Waals surface area contributed by atoms with Crippen LogP contribution in [0.5, 0.6) is 11.5 Å². The second-order valence-corrected chi connectivity index (χ2v) is 4.80. The van der Waals surface area contributed by atoms with Crippen molar-refractivity contribution in [2.75, 3.05) is 13.7 Å². The number of benzene rings is 2. The van der Waals surface area contributed by atoms with E-state index in [2.05, 4.69) is 5.32 Å². The first-order chi connectivity index (χ1) is 10.6. The van der Waals surface area contributed by atoms with Crippen LogP contribution in [0.3, 0.4) is 0 Å². The van der Waals surface area contributed by atoms with Crippen LogP contribution < -0.4 is 14.8 Å². The Labute approximate surface area is 128 Å². The predicted molar refractivity (Wildman–Crippen MR) is 81.4 cm³/mol. The monoisotopic (exact) mass is 303 g/mol. The number of carbonyl (C=O) groups is 1. The number of hydrogen-bond donors (Lipinski definition) is 1. The minimum absolute atomic E-state index is 0.0855. The van der Waals surface area contributed by atoms with Gasteiger partial charge in [-0.1, -0.05) is 12.1 Å². The summed E-state index contributed by atoms with van der Waals surface area (Å²) in [6, 6.07) is 12.8. The molecule has 1 N–H and O–H groups in total. The molecule has 0 aliphatic rings. The molecular weight excluding hydrogens is 285 g/mol. The van der Waals surface area contributed by atoms with Crippen LogP contribution in [0.1, 0.15) is 18.5 Å². The molecule has 2 aromatic rings. The van der Waals surface area contributed by atoms with Gasteiger partial charge in [0.05, 0.1) is 13.2 Å². The van der Waals surface area contributed by atoms with Crippen molar-refractivity contribution in [3.63, 3.8) is 0 Å². The fraction of sp³-hybridized carbons (Fsp3) is 0.235. The molecule has 0 spiro atoms. The SMILES string of the molecule is COc1ccc(OCC(=O)NC(C)c2ccc(F)cc2)cc1.